The Morgan fingerprint density at radius 3 is 2.62 bits per heavy atom. The number of hydrogen-bond acceptors (Lipinski definition) is 1. The largest absolute Gasteiger partial charge is 0.310 e. The number of likely N-dealkylation sites (N-methyl/N-ethyl adjacent to an activating group) is 1. The van der Waals surface area contributed by atoms with Gasteiger partial charge in [0.1, 0.15) is 5.82 Å². The van der Waals surface area contributed by atoms with Gasteiger partial charge >= 0.3 is 0 Å². The fourth-order valence-electron chi connectivity index (χ4n) is 2.36. The molecule has 1 unspecified atom stereocenters. The van der Waals surface area contributed by atoms with Crippen molar-refractivity contribution in [2.24, 2.45) is 0 Å². The predicted molar refractivity (Wildman–Crippen MR) is 87.7 cm³/mol. The van der Waals surface area contributed by atoms with Gasteiger partial charge in [-0.25, -0.2) is 4.39 Å². The summed E-state index contributed by atoms with van der Waals surface area (Å²) in [5, 5.41) is 4.36. The molecule has 0 radical (unpaired) electrons. The summed E-state index contributed by atoms with van der Waals surface area (Å²) in [5.41, 5.74) is 2.96. The smallest absolute Gasteiger partial charge is 0.142 e. The van der Waals surface area contributed by atoms with Crippen molar-refractivity contribution in [2.45, 2.75) is 26.3 Å². The average Bonchev–Trinajstić information content (AvgIpc) is 2.46. The molecule has 112 valence electrons. The van der Waals surface area contributed by atoms with Gasteiger partial charge in [-0.1, -0.05) is 54.4 Å². The van der Waals surface area contributed by atoms with Crippen LogP contribution in [0.2, 0.25) is 10.0 Å². The lowest BCUT2D eigenvalue weighted by Gasteiger charge is -2.20. The van der Waals surface area contributed by atoms with E-state index in [1.807, 2.05) is 32.0 Å². The number of nitrogens with one attached hydrogen (secondary N) is 1. The molecule has 2 rings (SSSR count). The maximum absolute atomic E-state index is 13.6. The minimum Gasteiger partial charge on any atom is -0.310 e. The molecule has 0 aliphatic carbocycles. The first-order valence-corrected chi connectivity index (χ1v) is 7.70. The monoisotopic (exact) mass is 325 g/mol. The summed E-state index contributed by atoms with van der Waals surface area (Å²) < 4.78 is 13.6. The molecule has 0 fully saturated rings. The van der Waals surface area contributed by atoms with Crippen LogP contribution in [0, 0.1) is 12.7 Å². The third-order valence-electron chi connectivity index (χ3n) is 3.49. The van der Waals surface area contributed by atoms with Crippen molar-refractivity contribution in [3.63, 3.8) is 0 Å². The number of aryl methyl sites for hydroxylation is 1. The zero-order valence-electron chi connectivity index (χ0n) is 12.1. The Hall–Kier alpha value is -1.09. The Balaban J connectivity index is 2.30. The van der Waals surface area contributed by atoms with E-state index in [1.165, 1.54) is 6.07 Å². The van der Waals surface area contributed by atoms with Crippen LogP contribution >= 0.6 is 23.2 Å². The first-order valence-electron chi connectivity index (χ1n) is 6.95. The fourth-order valence-corrected chi connectivity index (χ4v) is 2.69. The third kappa shape index (κ3) is 3.97. The first kappa shape index (κ1) is 16.3. The molecule has 1 N–H and O–H groups in total. The zero-order valence-corrected chi connectivity index (χ0v) is 13.6. The highest BCUT2D eigenvalue weighted by Crippen LogP contribution is 2.27. The lowest BCUT2D eigenvalue weighted by Crippen LogP contribution is -2.23. The number of halogens is 3. The minimum atomic E-state index is -0.378. The van der Waals surface area contributed by atoms with Crippen molar-refractivity contribution in [1.29, 1.82) is 0 Å². The molecule has 0 aromatic heterocycles. The molecule has 0 amide bonds. The summed E-state index contributed by atoms with van der Waals surface area (Å²) >= 11 is 12.1. The predicted octanol–water partition coefficient (Wildman–Crippen LogP) is 5.33. The third-order valence-corrected chi connectivity index (χ3v) is 4.34. The van der Waals surface area contributed by atoms with E-state index in [1.54, 1.807) is 6.07 Å². The maximum Gasteiger partial charge on any atom is 0.142 e. The van der Waals surface area contributed by atoms with E-state index in [-0.39, 0.29) is 16.9 Å². The van der Waals surface area contributed by atoms with Crippen LogP contribution in [-0.2, 0) is 6.42 Å². The lowest BCUT2D eigenvalue weighted by molar-refractivity contribution is 0.546. The second-order valence-corrected chi connectivity index (χ2v) is 5.82. The Morgan fingerprint density at radius 2 is 1.95 bits per heavy atom. The molecule has 0 aliphatic rings. The van der Waals surface area contributed by atoms with Gasteiger partial charge in [0.25, 0.3) is 0 Å². The summed E-state index contributed by atoms with van der Waals surface area (Å²) in [6.07, 6.45) is 0.630. The van der Waals surface area contributed by atoms with E-state index in [2.05, 4.69) is 11.4 Å². The van der Waals surface area contributed by atoms with E-state index in [4.69, 9.17) is 23.2 Å². The van der Waals surface area contributed by atoms with Crippen molar-refractivity contribution in [3.8, 4) is 0 Å². The lowest BCUT2D eigenvalue weighted by atomic mass is 9.97. The maximum atomic E-state index is 13.6. The Labute approximate surface area is 135 Å². The molecule has 0 aliphatic heterocycles. The molecule has 21 heavy (non-hydrogen) atoms. The van der Waals surface area contributed by atoms with Crippen LogP contribution < -0.4 is 5.32 Å². The molecule has 2 aromatic rings. The van der Waals surface area contributed by atoms with Crippen LogP contribution in [0.1, 0.15) is 29.7 Å². The van der Waals surface area contributed by atoms with Gasteiger partial charge in [0.15, 0.2) is 0 Å². The van der Waals surface area contributed by atoms with Gasteiger partial charge in [0, 0.05) is 11.1 Å². The van der Waals surface area contributed by atoms with Gasteiger partial charge in [-0.05, 0) is 48.7 Å². The van der Waals surface area contributed by atoms with Crippen molar-refractivity contribution >= 4 is 23.2 Å². The first-order chi connectivity index (χ1) is 10.0. The van der Waals surface area contributed by atoms with E-state index in [0.29, 0.717) is 6.42 Å². The minimum absolute atomic E-state index is 0.0743. The molecule has 1 nitrogen and oxygen atoms in total. The van der Waals surface area contributed by atoms with Crippen LogP contribution in [0.3, 0.4) is 0 Å². The quantitative estimate of drug-likeness (QED) is 0.782. The van der Waals surface area contributed by atoms with Gasteiger partial charge in [-0.15, -0.1) is 0 Å². The van der Waals surface area contributed by atoms with Crippen LogP contribution in [-0.4, -0.2) is 6.54 Å². The average molecular weight is 326 g/mol. The Bertz CT molecular complexity index is 628. The second-order valence-electron chi connectivity index (χ2n) is 5.04. The summed E-state index contributed by atoms with van der Waals surface area (Å²) in [7, 11) is 0. The zero-order chi connectivity index (χ0) is 15.4. The normalized spacial score (nSPS) is 12.4. The van der Waals surface area contributed by atoms with Crippen molar-refractivity contribution < 1.29 is 4.39 Å². The molecule has 1 atom stereocenters. The standard InChI is InChI=1S/C17H18Cl2FN/c1-3-21-16(12-7-8-14(18)11(2)9-12)10-13-5-4-6-15(20)17(13)19/h4-9,16,21H,3,10H2,1-2H3. The molecule has 0 saturated heterocycles. The van der Waals surface area contributed by atoms with E-state index < -0.39 is 0 Å². The molecule has 0 spiro atoms. The van der Waals surface area contributed by atoms with Gasteiger partial charge in [-0.2, -0.15) is 0 Å². The highest BCUT2D eigenvalue weighted by Gasteiger charge is 2.15. The van der Waals surface area contributed by atoms with Gasteiger partial charge in [0.2, 0.25) is 0 Å². The number of hydrogen-bond donors (Lipinski definition) is 1. The van der Waals surface area contributed by atoms with Crippen molar-refractivity contribution in [3.05, 3.63) is 69.0 Å². The van der Waals surface area contributed by atoms with Gasteiger partial charge in [-0.3, -0.25) is 0 Å². The summed E-state index contributed by atoms with van der Waals surface area (Å²) in [5.74, 6) is -0.378. The SMILES string of the molecule is CCNC(Cc1cccc(F)c1Cl)c1ccc(Cl)c(C)c1. The number of rotatable bonds is 5. The summed E-state index contributed by atoms with van der Waals surface area (Å²) in [4.78, 5) is 0. The van der Waals surface area contributed by atoms with E-state index in [9.17, 15) is 4.39 Å². The molecule has 0 bridgehead atoms. The van der Waals surface area contributed by atoms with Crippen molar-refractivity contribution in [2.75, 3.05) is 6.54 Å². The molecule has 0 saturated carbocycles. The summed E-state index contributed by atoms with van der Waals surface area (Å²) in [6, 6.07) is 10.9. The van der Waals surface area contributed by atoms with Crippen LogP contribution in [0.5, 0.6) is 0 Å². The van der Waals surface area contributed by atoms with Crippen LogP contribution in [0.25, 0.3) is 0 Å². The molecule has 0 heterocycles. The molecular weight excluding hydrogens is 308 g/mol. The molecule has 2 aromatic carbocycles. The van der Waals surface area contributed by atoms with E-state index >= 15 is 0 Å². The van der Waals surface area contributed by atoms with Crippen molar-refractivity contribution in [1.82, 2.24) is 5.32 Å². The topological polar surface area (TPSA) is 12.0 Å². The van der Waals surface area contributed by atoms with Gasteiger partial charge in [0.05, 0.1) is 5.02 Å². The number of benzene rings is 2. The fraction of sp³-hybridized carbons (Fsp3) is 0.294. The van der Waals surface area contributed by atoms with Crippen LogP contribution in [0.15, 0.2) is 36.4 Å². The second kappa shape index (κ2) is 7.26. The molecule has 4 heteroatoms. The Kier molecular flexibility index (Phi) is 5.63. The van der Waals surface area contributed by atoms with E-state index in [0.717, 1.165) is 28.3 Å². The summed E-state index contributed by atoms with van der Waals surface area (Å²) in [6.45, 7) is 4.84. The van der Waals surface area contributed by atoms with Gasteiger partial charge < -0.3 is 5.32 Å². The Morgan fingerprint density at radius 1 is 1.19 bits per heavy atom. The molecular formula is C17H18Cl2FN. The highest BCUT2D eigenvalue weighted by molar-refractivity contribution is 6.31. The highest BCUT2D eigenvalue weighted by atomic mass is 35.5. The van der Waals surface area contributed by atoms with Crippen LogP contribution in [0.4, 0.5) is 4.39 Å².